The maximum atomic E-state index is 14.1. The Morgan fingerprint density at radius 3 is 2.32 bits per heavy atom. The minimum atomic E-state index is -1.90. The third-order valence-corrected chi connectivity index (χ3v) is 6.30. The third kappa shape index (κ3) is 4.93. The van der Waals surface area contributed by atoms with E-state index in [0.717, 1.165) is 11.1 Å². The smallest absolute Gasteiger partial charge is 0.292 e. The van der Waals surface area contributed by atoms with Gasteiger partial charge in [-0.1, -0.05) is 72.3 Å². The molecular formula is C26H23ClFN5O4. The maximum absolute atomic E-state index is 14.1. The van der Waals surface area contributed by atoms with Crippen LogP contribution in [0.3, 0.4) is 0 Å². The van der Waals surface area contributed by atoms with Crippen LogP contribution in [0.4, 0.5) is 10.2 Å². The second-order valence-corrected chi connectivity index (χ2v) is 8.89. The van der Waals surface area contributed by atoms with Gasteiger partial charge in [0.1, 0.15) is 23.8 Å². The lowest BCUT2D eigenvalue weighted by Gasteiger charge is -2.26. The van der Waals surface area contributed by atoms with Crippen LogP contribution in [0.5, 0.6) is 0 Å². The van der Waals surface area contributed by atoms with Crippen LogP contribution < -0.4 is 11.1 Å². The first-order valence-electron chi connectivity index (χ1n) is 11.4. The molecule has 1 unspecified atom stereocenters. The molecule has 2 aromatic heterocycles. The SMILES string of the molecule is Nc1nc(F)c(Cl)c2c1ncn2CCC1(O)NC(=O)C(OCc2ccccc2)=C1OCc1ccccc1. The van der Waals surface area contributed by atoms with Crippen LogP contribution in [0, 0.1) is 5.95 Å². The Morgan fingerprint density at radius 1 is 1.05 bits per heavy atom. The molecule has 190 valence electrons. The molecule has 0 fully saturated rings. The number of nitrogens with zero attached hydrogens (tertiary/aromatic N) is 3. The third-order valence-electron chi connectivity index (χ3n) is 5.96. The molecule has 1 amide bonds. The van der Waals surface area contributed by atoms with E-state index in [2.05, 4.69) is 15.3 Å². The summed E-state index contributed by atoms with van der Waals surface area (Å²) in [5.74, 6) is -1.80. The number of fused-ring (bicyclic) bond motifs is 1. The Labute approximate surface area is 216 Å². The van der Waals surface area contributed by atoms with E-state index in [0.29, 0.717) is 0 Å². The molecule has 2 aromatic carbocycles. The van der Waals surface area contributed by atoms with Crippen LogP contribution in [-0.4, -0.2) is 31.3 Å². The van der Waals surface area contributed by atoms with Crippen molar-refractivity contribution in [3.05, 3.63) is 101 Å². The molecular weight excluding hydrogens is 501 g/mol. The molecule has 5 rings (SSSR count). The van der Waals surface area contributed by atoms with Crippen LogP contribution >= 0.6 is 11.6 Å². The Morgan fingerprint density at radius 2 is 1.68 bits per heavy atom. The summed E-state index contributed by atoms with van der Waals surface area (Å²) in [5, 5.41) is 13.9. The summed E-state index contributed by atoms with van der Waals surface area (Å²) in [6.07, 6.45) is 1.35. The highest BCUT2D eigenvalue weighted by Crippen LogP contribution is 2.33. The number of hydrogen-bond acceptors (Lipinski definition) is 7. The van der Waals surface area contributed by atoms with Crippen molar-refractivity contribution in [2.75, 3.05) is 5.73 Å². The average Bonchev–Trinajstić information content (AvgIpc) is 3.43. The molecule has 0 saturated heterocycles. The first-order chi connectivity index (χ1) is 17.9. The maximum Gasteiger partial charge on any atom is 0.292 e. The molecule has 0 spiro atoms. The lowest BCUT2D eigenvalue weighted by atomic mass is 10.1. The van der Waals surface area contributed by atoms with Gasteiger partial charge in [0.05, 0.1) is 11.8 Å². The molecule has 4 N–H and O–H groups in total. The zero-order chi connectivity index (χ0) is 26.0. The number of benzene rings is 2. The lowest BCUT2D eigenvalue weighted by molar-refractivity contribution is -0.124. The topological polar surface area (TPSA) is 125 Å². The zero-order valence-corrected chi connectivity index (χ0v) is 20.3. The second kappa shape index (κ2) is 10.1. The number of nitrogens with two attached hydrogens (primary N) is 1. The Hall–Kier alpha value is -4.15. The summed E-state index contributed by atoms with van der Waals surface area (Å²) in [4.78, 5) is 20.6. The number of hydrogen-bond donors (Lipinski definition) is 3. The highest BCUT2D eigenvalue weighted by Gasteiger charge is 2.47. The van der Waals surface area contributed by atoms with Crippen LogP contribution in [0.15, 0.2) is 78.5 Å². The van der Waals surface area contributed by atoms with E-state index in [4.69, 9.17) is 26.8 Å². The fraction of sp³-hybridized carbons (Fsp3) is 0.192. The predicted molar refractivity (Wildman–Crippen MR) is 134 cm³/mol. The number of aromatic nitrogens is 3. The minimum absolute atomic E-state index is 0.0415. The molecule has 1 aliphatic rings. The predicted octanol–water partition coefficient (Wildman–Crippen LogP) is 3.66. The van der Waals surface area contributed by atoms with E-state index in [9.17, 15) is 14.3 Å². The number of halogens is 2. The number of ether oxygens (including phenoxy) is 2. The van der Waals surface area contributed by atoms with Gasteiger partial charge in [0, 0.05) is 13.0 Å². The molecule has 4 aromatic rings. The van der Waals surface area contributed by atoms with E-state index in [1.807, 2.05) is 60.7 Å². The average molecular weight is 524 g/mol. The van der Waals surface area contributed by atoms with Crippen LogP contribution in [0.2, 0.25) is 5.02 Å². The number of carbonyl (C=O) groups excluding carboxylic acids is 1. The van der Waals surface area contributed by atoms with Crippen molar-refractivity contribution < 1.29 is 23.8 Å². The van der Waals surface area contributed by atoms with Gasteiger partial charge in [-0.2, -0.15) is 9.37 Å². The van der Waals surface area contributed by atoms with Gasteiger partial charge in [-0.15, -0.1) is 0 Å². The molecule has 0 bridgehead atoms. The quantitative estimate of drug-likeness (QED) is 0.286. The van der Waals surface area contributed by atoms with Crippen molar-refractivity contribution >= 4 is 34.4 Å². The molecule has 0 aliphatic carbocycles. The van der Waals surface area contributed by atoms with Gasteiger partial charge in [-0.25, -0.2) is 4.98 Å². The van der Waals surface area contributed by atoms with Gasteiger partial charge in [0.15, 0.2) is 11.6 Å². The Bertz CT molecular complexity index is 1480. The van der Waals surface area contributed by atoms with Gasteiger partial charge in [-0.05, 0) is 11.1 Å². The summed E-state index contributed by atoms with van der Waals surface area (Å²) in [5.41, 5.74) is 6.02. The lowest BCUT2D eigenvalue weighted by Crippen LogP contribution is -2.45. The summed E-state index contributed by atoms with van der Waals surface area (Å²) in [6, 6.07) is 18.6. The highest BCUT2D eigenvalue weighted by atomic mass is 35.5. The van der Waals surface area contributed by atoms with E-state index in [1.54, 1.807) is 0 Å². The first kappa shape index (κ1) is 24.5. The first-order valence-corrected chi connectivity index (χ1v) is 11.8. The summed E-state index contributed by atoms with van der Waals surface area (Å²) in [6.45, 7) is 0.282. The number of anilines is 1. The summed E-state index contributed by atoms with van der Waals surface area (Å²) >= 11 is 6.13. The molecule has 0 saturated carbocycles. The fourth-order valence-corrected chi connectivity index (χ4v) is 4.34. The van der Waals surface area contributed by atoms with Crippen molar-refractivity contribution in [2.45, 2.75) is 31.9 Å². The van der Waals surface area contributed by atoms with Crippen molar-refractivity contribution in [3.63, 3.8) is 0 Å². The molecule has 9 nitrogen and oxygen atoms in total. The minimum Gasteiger partial charge on any atom is -0.484 e. The molecule has 37 heavy (non-hydrogen) atoms. The van der Waals surface area contributed by atoms with Crippen molar-refractivity contribution in [1.82, 2.24) is 19.9 Å². The number of pyridine rings is 1. The summed E-state index contributed by atoms with van der Waals surface area (Å²) < 4.78 is 27.4. The van der Waals surface area contributed by atoms with Crippen LogP contribution in [0.25, 0.3) is 11.0 Å². The van der Waals surface area contributed by atoms with Crippen molar-refractivity contribution in [2.24, 2.45) is 0 Å². The Balaban J connectivity index is 1.43. The van der Waals surface area contributed by atoms with Crippen LogP contribution in [-0.2, 0) is 34.0 Å². The number of nitrogens with one attached hydrogen (secondary N) is 1. The largest absolute Gasteiger partial charge is 0.484 e. The van der Waals surface area contributed by atoms with Crippen molar-refractivity contribution in [3.8, 4) is 0 Å². The van der Waals surface area contributed by atoms with E-state index in [-0.39, 0.29) is 59.6 Å². The van der Waals surface area contributed by atoms with Gasteiger partial charge in [-0.3, -0.25) is 4.79 Å². The molecule has 1 aliphatic heterocycles. The highest BCUT2D eigenvalue weighted by molar-refractivity contribution is 6.35. The number of amides is 1. The van der Waals surface area contributed by atoms with E-state index < -0.39 is 17.6 Å². The molecule has 0 radical (unpaired) electrons. The number of nitrogen functional groups attached to an aromatic ring is 1. The second-order valence-electron chi connectivity index (χ2n) is 8.51. The number of rotatable bonds is 9. The monoisotopic (exact) mass is 523 g/mol. The number of carbonyl (C=O) groups is 1. The van der Waals surface area contributed by atoms with Gasteiger partial charge < -0.3 is 30.2 Å². The van der Waals surface area contributed by atoms with Crippen molar-refractivity contribution in [1.29, 1.82) is 0 Å². The Kier molecular flexibility index (Phi) is 6.68. The number of aryl methyl sites for hydroxylation is 1. The normalized spacial score (nSPS) is 17.3. The molecule has 11 heteroatoms. The van der Waals surface area contributed by atoms with Gasteiger partial charge in [0.25, 0.3) is 5.91 Å². The number of aliphatic hydroxyl groups is 1. The van der Waals surface area contributed by atoms with Crippen LogP contribution in [0.1, 0.15) is 17.5 Å². The number of imidazole rings is 1. The zero-order valence-electron chi connectivity index (χ0n) is 19.5. The van der Waals surface area contributed by atoms with E-state index >= 15 is 0 Å². The van der Waals surface area contributed by atoms with E-state index in [1.165, 1.54) is 10.9 Å². The summed E-state index contributed by atoms with van der Waals surface area (Å²) in [7, 11) is 0. The standard InChI is InChI=1S/C26H23ClFN5O4/c27-18-20-19(24(29)31-23(18)28)30-15-33(20)12-11-26(35)22(37-14-17-9-5-2-6-10-17)21(25(34)32-26)36-13-16-7-3-1-4-8-16/h1-10,15,35H,11-14H2,(H2,29,31)(H,32,34). The van der Waals surface area contributed by atoms with Gasteiger partial charge >= 0.3 is 0 Å². The van der Waals surface area contributed by atoms with Gasteiger partial charge in [0.2, 0.25) is 17.4 Å². The molecule has 1 atom stereocenters. The fourth-order valence-electron chi connectivity index (χ4n) is 4.10. The molecule has 3 heterocycles.